The lowest BCUT2D eigenvalue weighted by Gasteiger charge is -2.16. The number of benzene rings is 3. The van der Waals surface area contributed by atoms with Crippen LogP contribution in [0.15, 0.2) is 66.7 Å². The Kier molecular flexibility index (Phi) is 6.11. The van der Waals surface area contributed by atoms with Crippen LogP contribution in [0.5, 0.6) is 17.2 Å². The molecule has 5 nitrogen and oxygen atoms in total. The molecule has 0 atom stereocenters. The topological polar surface area (TPSA) is 56.8 Å². The van der Waals surface area contributed by atoms with E-state index < -0.39 is 11.7 Å². The highest BCUT2D eigenvalue weighted by molar-refractivity contribution is 6.05. The molecular formula is C22H20FNO4. The van der Waals surface area contributed by atoms with Crippen molar-refractivity contribution in [3.63, 3.8) is 0 Å². The van der Waals surface area contributed by atoms with Crippen LogP contribution in [0.3, 0.4) is 0 Å². The molecule has 0 aliphatic heterocycles. The fraction of sp³-hybridized carbons (Fsp3) is 0.136. The lowest BCUT2D eigenvalue weighted by molar-refractivity contribution is 0.102. The van der Waals surface area contributed by atoms with Gasteiger partial charge in [-0.2, -0.15) is 0 Å². The Morgan fingerprint density at radius 3 is 2.21 bits per heavy atom. The molecule has 0 aliphatic rings. The zero-order chi connectivity index (χ0) is 19.9. The summed E-state index contributed by atoms with van der Waals surface area (Å²) in [5.74, 6) is 0.268. The van der Waals surface area contributed by atoms with E-state index in [4.69, 9.17) is 14.2 Å². The van der Waals surface area contributed by atoms with Crippen molar-refractivity contribution in [1.82, 2.24) is 0 Å². The van der Waals surface area contributed by atoms with Crippen molar-refractivity contribution in [2.45, 2.75) is 6.61 Å². The van der Waals surface area contributed by atoms with E-state index in [0.717, 1.165) is 5.56 Å². The molecule has 6 heteroatoms. The molecule has 0 saturated carbocycles. The number of anilines is 1. The first-order valence-corrected chi connectivity index (χ1v) is 8.60. The third kappa shape index (κ3) is 4.59. The lowest BCUT2D eigenvalue weighted by Crippen LogP contribution is -2.13. The van der Waals surface area contributed by atoms with Crippen molar-refractivity contribution < 1.29 is 23.4 Å². The van der Waals surface area contributed by atoms with Crippen LogP contribution in [0.25, 0.3) is 0 Å². The van der Waals surface area contributed by atoms with Gasteiger partial charge in [-0.25, -0.2) is 4.39 Å². The smallest absolute Gasteiger partial charge is 0.255 e. The third-order valence-corrected chi connectivity index (χ3v) is 4.03. The van der Waals surface area contributed by atoms with Gasteiger partial charge in [-0.1, -0.05) is 36.4 Å². The maximum absolute atomic E-state index is 13.3. The molecule has 0 bridgehead atoms. The van der Waals surface area contributed by atoms with Crippen molar-refractivity contribution >= 4 is 11.6 Å². The van der Waals surface area contributed by atoms with Gasteiger partial charge in [0.1, 0.15) is 12.4 Å². The van der Waals surface area contributed by atoms with Gasteiger partial charge in [0.15, 0.2) is 11.5 Å². The monoisotopic (exact) mass is 381 g/mol. The van der Waals surface area contributed by atoms with Gasteiger partial charge in [-0.05, 0) is 35.9 Å². The molecule has 0 aromatic heterocycles. The number of hydrogen-bond donors (Lipinski definition) is 1. The minimum Gasteiger partial charge on any atom is -0.493 e. The van der Waals surface area contributed by atoms with E-state index in [1.165, 1.54) is 32.4 Å². The average molecular weight is 381 g/mol. The van der Waals surface area contributed by atoms with E-state index in [2.05, 4.69) is 5.32 Å². The molecule has 28 heavy (non-hydrogen) atoms. The van der Waals surface area contributed by atoms with Crippen LogP contribution >= 0.6 is 0 Å². The summed E-state index contributed by atoms with van der Waals surface area (Å²) in [5.41, 5.74) is 1.64. The van der Waals surface area contributed by atoms with Gasteiger partial charge in [0.25, 0.3) is 5.91 Å². The number of halogens is 1. The van der Waals surface area contributed by atoms with Gasteiger partial charge in [-0.15, -0.1) is 0 Å². The number of amides is 1. The van der Waals surface area contributed by atoms with Crippen molar-refractivity contribution in [2.24, 2.45) is 0 Å². The van der Waals surface area contributed by atoms with Gasteiger partial charge < -0.3 is 19.5 Å². The third-order valence-electron chi connectivity index (χ3n) is 4.03. The fourth-order valence-electron chi connectivity index (χ4n) is 2.65. The molecular weight excluding hydrogens is 361 g/mol. The van der Waals surface area contributed by atoms with Gasteiger partial charge in [0, 0.05) is 11.3 Å². The summed E-state index contributed by atoms with van der Waals surface area (Å²) in [6.45, 7) is 0.322. The Morgan fingerprint density at radius 2 is 1.61 bits per heavy atom. The molecule has 3 aromatic carbocycles. The molecule has 3 aromatic rings. The normalized spacial score (nSPS) is 10.2. The first-order valence-electron chi connectivity index (χ1n) is 8.60. The minimum absolute atomic E-state index is 0.296. The second kappa shape index (κ2) is 8.90. The van der Waals surface area contributed by atoms with E-state index in [9.17, 15) is 9.18 Å². The summed E-state index contributed by atoms with van der Waals surface area (Å²) in [5, 5.41) is 2.65. The second-order valence-corrected chi connectivity index (χ2v) is 5.95. The number of ether oxygens (including phenoxy) is 3. The van der Waals surface area contributed by atoms with Crippen LogP contribution in [0.2, 0.25) is 0 Å². The Morgan fingerprint density at radius 1 is 0.929 bits per heavy atom. The van der Waals surface area contributed by atoms with Crippen LogP contribution in [-0.4, -0.2) is 20.1 Å². The van der Waals surface area contributed by atoms with Crippen molar-refractivity contribution in [1.29, 1.82) is 0 Å². The Balaban J connectivity index is 1.84. The Bertz CT molecular complexity index is 935. The Hall–Kier alpha value is -3.54. The molecule has 144 valence electrons. The van der Waals surface area contributed by atoms with Crippen LogP contribution in [-0.2, 0) is 6.61 Å². The summed E-state index contributed by atoms with van der Waals surface area (Å²) in [6, 6.07) is 18.4. The predicted molar refractivity (Wildman–Crippen MR) is 105 cm³/mol. The number of rotatable bonds is 7. The minimum atomic E-state index is -0.433. The zero-order valence-electron chi connectivity index (χ0n) is 15.6. The number of hydrogen-bond acceptors (Lipinski definition) is 4. The number of carbonyl (C=O) groups excluding carboxylic acids is 1. The molecule has 0 unspecified atom stereocenters. The van der Waals surface area contributed by atoms with Crippen LogP contribution in [0.1, 0.15) is 15.9 Å². The Labute approximate surface area is 162 Å². The molecule has 1 N–H and O–H groups in total. The molecule has 0 radical (unpaired) electrons. The largest absolute Gasteiger partial charge is 0.493 e. The summed E-state index contributed by atoms with van der Waals surface area (Å²) in [6.07, 6.45) is 0. The summed E-state index contributed by atoms with van der Waals surface area (Å²) in [7, 11) is 2.97. The van der Waals surface area contributed by atoms with Gasteiger partial charge >= 0.3 is 0 Å². The standard InChI is InChI=1S/C22H20FNO4/c1-26-19-11-16(22(25)24-18-10-6-9-17(23)13-18)12-20(27-2)21(19)28-14-15-7-4-3-5-8-15/h3-13H,14H2,1-2H3,(H,24,25). The number of nitrogens with one attached hydrogen (secondary N) is 1. The highest BCUT2D eigenvalue weighted by atomic mass is 19.1. The predicted octanol–water partition coefficient (Wildman–Crippen LogP) is 4.67. The zero-order valence-corrected chi connectivity index (χ0v) is 15.6. The van der Waals surface area contributed by atoms with E-state index in [1.54, 1.807) is 18.2 Å². The molecule has 0 spiro atoms. The van der Waals surface area contributed by atoms with E-state index in [0.29, 0.717) is 35.1 Å². The molecule has 0 aliphatic carbocycles. The molecule has 1 amide bonds. The summed E-state index contributed by atoms with van der Waals surface area (Å²) >= 11 is 0. The van der Waals surface area contributed by atoms with Crippen LogP contribution in [0, 0.1) is 5.82 Å². The summed E-state index contributed by atoms with van der Waals surface area (Å²) < 4.78 is 30.0. The quantitative estimate of drug-likeness (QED) is 0.646. The van der Waals surface area contributed by atoms with E-state index >= 15 is 0 Å². The number of methoxy groups -OCH3 is 2. The molecule has 3 rings (SSSR count). The molecule has 0 heterocycles. The average Bonchev–Trinajstić information content (AvgIpc) is 2.72. The first-order chi connectivity index (χ1) is 13.6. The first kappa shape index (κ1) is 19.2. The van der Waals surface area contributed by atoms with Crippen LogP contribution in [0.4, 0.5) is 10.1 Å². The highest BCUT2D eigenvalue weighted by Crippen LogP contribution is 2.39. The van der Waals surface area contributed by atoms with E-state index in [-0.39, 0.29) is 0 Å². The lowest BCUT2D eigenvalue weighted by atomic mass is 10.1. The molecule has 0 fully saturated rings. The SMILES string of the molecule is COc1cc(C(=O)Nc2cccc(F)c2)cc(OC)c1OCc1ccccc1. The molecule has 0 saturated heterocycles. The van der Waals surface area contributed by atoms with Gasteiger partial charge in [-0.3, -0.25) is 4.79 Å². The summed E-state index contributed by atoms with van der Waals surface area (Å²) in [4.78, 5) is 12.6. The van der Waals surface area contributed by atoms with Gasteiger partial charge in [0.05, 0.1) is 14.2 Å². The number of carbonyl (C=O) groups is 1. The van der Waals surface area contributed by atoms with Crippen molar-refractivity contribution in [3.8, 4) is 17.2 Å². The maximum Gasteiger partial charge on any atom is 0.255 e. The highest BCUT2D eigenvalue weighted by Gasteiger charge is 2.18. The maximum atomic E-state index is 13.3. The van der Waals surface area contributed by atoms with E-state index in [1.807, 2.05) is 30.3 Å². The second-order valence-electron chi connectivity index (χ2n) is 5.95. The fourth-order valence-corrected chi connectivity index (χ4v) is 2.65. The van der Waals surface area contributed by atoms with Crippen LogP contribution < -0.4 is 19.5 Å². The van der Waals surface area contributed by atoms with Crippen molar-refractivity contribution in [3.05, 3.63) is 83.7 Å². The van der Waals surface area contributed by atoms with Crippen molar-refractivity contribution in [2.75, 3.05) is 19.5 Å². The van der Waals surface area contributed by atoms with Gasteiger partial charge in [0.2, 0.25) is 5.75 Å².